The van der Waals surface area contributed by atoms with Crippen LogP contribution in [0.15, 0.2) is 24.7 Å². The topological polar surface area (TPSA) is 105 Å². The minimum atomic E-state index is -2.85. The number of hydrogen-bond acceptors (Lipinski definition) is 9. The van der Waals surface area contributed by atoms with E-state index in [9.17, 15) is 18.4 Å². The number of thioether (sulfide) groups is 1. The molecule has 2 aliphatic heterocycles. The smallest absolute Gasteiger partial charge is 0.333 e. The number of esters is 1. The molecule has 1 N–H and O–H groups in total. The van der Waals surface area contributed by atoms with Gasteiger partial charge in [-0.3, -0.25) is 9.48 Å². The van der Waals surface area contributed by atoms with Gasteiger partial charge in [-0.2, -0.15) is 10.1 Å². The van der Waals surface area contributed by atoms with E-state index in [1.54, 1.807) is 46.0 Å². The Morgan fingerprint density at radius 2 is 2.09 bits per heavy atom. The van der Waals surface area contributed by atoms with Gasteiger partial charge in [0, 0.05) is 37.7 Å². The minimum absolute atomic E-state index is 0.120. The highest BCUT2D eigenvalue weighted by Gasteiger charge is 2.64. The zero-order valence-electron chi connectivity index (χ0n) is 18.4. The summed E-state index contributed by atoms with van der Waals surface area (Å²) in [5.74, 6) is -2.95. The molecule has 4 aliphatic rings. The molecule has 3 atom stereocenters. The number of methoxy groups -OCH3 is 1. The van der Waals surface area contributed by atoms with Crippen LogP contribution in [0.1, 0.15) is 19.3 Å². The molecule has 13 heteroatoms. The minimum Gasteiger partial charge on any atom is -0.467 e. The van der Waals surface area contributed by atoms with Gasteiger partial charge in [-0.15, -0.1) is 11.8 Å². The number of carbonyl (C=O) groups excluding carboxylic acids is 2. The molecule has 10 nitrogen and oxygen atoms in total. The number of rotatable bonds is 6. The zero-order chi connectivity index (χ0) is 23.7. The van der Waals surface area contributed by atoms with Gasteiger partial charge in [0.25, 0.3) is 5.92 Å². The zero-order valence-corrected chi connectivity index (χ0v) is 19.2. The van der Waals surface area contributed by atoms with Gasteiger partial charge < -0.3 is 19.9 Å². The van der Waals surface area contributed by atoms with Crippen LogP contribution >= 0.6 is 11.8 Å². The van der Waals surface area contributed by atoms with Gasteiger partial charge in [0.05, 0.1) is 30.4 Å². The number of anilines is 3. The number of alkyl halides is 2. The maximum atomic E-state index is 13.5. The maximum absolute atomic E-state index is 13.5. The van der Waals surface area contributed by atoms with Gasteiger partial charge in [0.2, 0.25) is 11.9 Å². The normalized spacial score (nSPS) is 27.9. The third-order valence-corrected chi connectivity index (χ3v) is 8.24. The number of aromatic nitrogens is 4. The molecule has 4 fully saturated rings. The van der Waals surface area contributed by atoms with Crippen molar-refractivity contribution < 1.29 is 23.1 Å². The molecule has 2 aromatic heterocycles. The predicted octanol–water partition coefficient (Wildman–Crippen LogP) is 1.82. The lowest BCUT2D eigenvalue weighted by Gasteiger charge is -2.40. The van der Waals surface area contributed by atoms with Gasteiger partial charge in [-0.1, -0.05) is 0 Å². The molecule has 0 unspecified atom stereocenters. The van der Waals surface area contributed by atoms with Crippen LogP contribution in [0.25, 0.3) is 0 Å². The van der Waals surface area contributed by atoms with Crippen molar-refractivity contribution in [3.8, 4) is 0 Å². The van der Waals surface area contributed by atoms with Crippen molar-refractivity contribution >= 4 is 41.1 Å². The number of carbonyl (C=O) groups is 2. The molecule has 0 radical (unpaired) electrons. The highest BCUT2D eigenvalue weighted by Crippen LogP contribution is 2.51. The molecule has 34 heavy (non-hydrogen) atoms. The lowest BCUT2D eigenvalue weighted by Crippen LogP contribution is -2.57. The SMILES string of the molecule is COC(=O)C1(n2cc(Nc3nccc(N4C[C@@H]5CS[C@H](C4)N5C(=O)[C@@H]4CC4(F)F)n3)cn2)CC1. The summed E-state index contributed by atoms with van der Waals surface area (Å²) in [5.41, 5.74) is -0.0840. The number of nitrogens with one attached hydrogen (secondary N) is 1. The van der Waals surface area contributed by atoms with Gasteiger partial charge in [0.1, 0.15) is 11.7 Å². The summed E-state index contributed by atoms with van der Waals surface area (Å²) >= 11 is 1.63. The summed E-state index contributed by atoms with van der Waals surface area (Å²) in [6.45, 7) is 1.05. The van der Waals surface area contributed by atoms with E-state index in [0.29, 0.717) is 43.4 Å². The van der Waals surface area contributed by atoms with Crippen LogP contribution < -0.4 is 10.2 Å². The molecule has 2 bridgehead atoms. The van der Waals surface area contributed by atoms with E-state index in [-0.39, 0.29) is 23.8 Å². The third kappa shape index (κ3) is 3.48. The first kappa shape index (κ1) is 21.6. The van der Waals surface area contributed by atoms with Gasteiger partial charge in [0.15, 0.2) is 5.54 Å². The molecule has 2 aromatic rings. The predicted molar refractivity (Wildman–Crippen MR) is 119 cm³/mol. The molecular weight excluding hydrogens is 468 g/mol. The van der Waals surface area contributed by atoms with E-state index in [0.717, 1.165) is 5.75 Å². The summed E-state index contributed by atoms with van der Waals surface area (Å²) in [6, 6.07) is 1.67. The highest BCUT2D eigenvalue weighted by molar-refractivity contribution is 8.00. The molecule has 0 aromatic carbocycles. The fraction of sp³-hybridized carbons (Fsp3) is 0.571. The Bertz CT molecular complexity index is 1140. The van der Waals surface area contributed by atoms with E-state index in [2.05, 4.69) is 25.3 Å². The fourth-order valence-corrected chi connectivity index (χ4v) is 6.19. The number of amides is 1. The molecule has 2 aliphatic carbocycles. The molecular formula is C21H23F2N7O3S. The van der Waals surface area contributed by atoms with E-state index < -0.39 is 23.3 Å². The first-order valence-corrected chi connectivity index (χ1v) is 12.2. The molecule has 2 saturated heterocycles. The van der Waals surface area contributed by atoms with Gasteiger partial charge in [-0.25, -0.2) is 18.6 Å². The lowest BCUT2D eigenvalue weighted by atomic mass is 10.1. The number of halogens is 2. The van der Waals surface area contributed by atoms with Crippen molar-refractivity contribution in [2.45, 2.75) is 42.1 Å². The largest absolute Gasteiger partial charge is 0.467 e. The summed E-state index contributed by atoms with van der Waals surface area (Å²) < 4.78 is 33.4. The fourth-order valence-electron chi connectivity index (χ4n) is 4.76. The monoisotopic (exact) mass is 491 g/mol. The highest BCUT2D eigenvalue weighted by atomic mass is 32.2. The average molecular weight is 492 g/mol. The Morgan fingerprint density at radius 3 is 2.76 bits per heavy atom. The number of nitrogens with zero attached hydrogens (tertiary/aromatic N) is 6. The van der Waals surface area contributed by atoms with Crippen molar-refractivity contribution in [2.75, 3.05) is 36.2 Å². The van der Waals surface area contributed by atoms with Crippen LogP contribution in [0.5, 0.6) is 0 Å². The van der Waals surface area contributed by atoms with Crippen LogP contribution in [0, 0.1) is 5.92 Å². The van der Waals surface area contributed by atoms with E-state index in [1.165, 1.54) is 7.11 Å². The third-order valence-electron chi connectivity index (χ3n) is 6.90. The van der Waals surface area contributed by atoms with E-state index in [1.807, 2.05) is 0 Å². The Hall–Kier alpha value is -2.96. The van der Waals surface area contributed by atoms with E-state index >= 15 is 0 Å². The second-order valence-corrected chi connectivity index (χ2v) is 10.4. The Morgan fingerprint density at radius 1 is 1.29 bits per heavy atom. The summed E-state index contributed by atoms with van der Waals surface area (Å²) in [6.07, 6.45) is 6.00. The quantitative estimate of drug-likeness (QED) is 0.606. The number of piperazine rings is 1. The number of ether oxygens (including phenoxy) is 1. The van der Waals surface area contributed by atoms with Crippen LogP contribution in [0.2, 0.25) is 0 Å². The van der Waals surface area contributed by atoms with Gasteiger partial charge >= 0.3 is 5.97 Å². The summed E-state index contributed by atoms with van der Waals surface area (Å²) in [5, 5.41) is 7.26. The molecule has 0 spiro atoms. The number of fused-ring (bicyclic) bond motifs is 2. The van der Waals surface area contributed by atoms with Crippen LogP contribution in [0.4, 0.5) is 26.2 Å². The van der Waals surface area contributed by atoms with Gasteiger partial charge in [-0.05, 0) is 18.9 Å². The molecule has 6 rings (SSSR count). The molecule has 2 saturated carbocycles. The molecule has 180 valence electrons. The van der Waals surface area contributed by atoms with Crippen LogP contribution in [-0.4, -0.2) is 79.8 Å². The van der Waals surface area contributed by atoms with Crippen LogP contribution in [0.3, 0.4) is 0 Å². The maximum Gasteiger partial charge on any atom is 0.333 e. The van der Waals surface area contributed by atoms with Crippen molar-refractivity contribution in [1.29, 1.82) is 0 Å². The summed E-state index contributed by atoms with van der Waals surface area (Å²) in [7, 11) is 1.37. The second-order valence-electron chi connectivity index (χ2n) is 9.17. The molecule has 4 heterocycles. The average Bonchev–Trinajstić information content (AvgIpc) is 3.68. The van der Waals surface area contributed by atoms with Crippen LogP contribution in [-0.2, 0) is 19.9 Å². The first-order chi connectivity index (χ1) is 16.3. The van der Waals surface area contributed by atoms with Crippen molar-refractivity contribution in [1.82, 2.24) is 24.6 Å². The lowest BCUT2D eigenvalue weighted by molar-refractivity contribution is -0.146. The second kappa shape index (κ2) is 7.52. The number of hydrogen-bond donors (Lipinski definition) is 1. The van der Waals surface area contributed by atoms with E-state index in [4.69, 9.17) is 4.74 Å². The van der Waals surface area contributed by atoms with Crippen molar-refractivity contribution in [2.24, 2.45) is 5.92 Å². The standard InChI is InChI=1S/C21H23F2N7O3S/c1-33-18(32)20(3-4-20)29-8-12(7-25-29)26-19-24-5-2-15(27-19)28-9-13-11-34-16(10-28)30(13)17(31)14-6-21(14,22)23/h2,5,7-8,13-14,16H,3-4,6,9-11H2,1H3,(H,24,26,27)/t13-,14+,16-/m1/s1. The Kier molecular flexibility index (Phi) is 4.77. The summed E-state index contributed by atoms with van der Waals surface area (Å²) in [4.78, 5) is 37.3. The molecule has 1 amide bonds. The van der Waals surface area contributed by atoms with Crippen molar-refractivity contribution in [3.63, 3.8) is 0 Å². The first-order valence-electron chi connectivity index (χ1n) is 11.1. The van der Waals surface area contributed by atoms with Crippen molar-refractivity contribution in [3.05, 3.63) is 24.7 Å². The Balaban J connectivity index is 1.14. The Labute approximate surface area is 198 Å².